The second-order valence-corrected chi connectivity index (χ2v) is 10.7. The van der Waals surface area contributed by atoms with E-state index in [1.54, 1.807) is 41.9 Å². The number of non-ortho nitro benzene ring substituents is 1. The first-order chi connectivity index (χ1) is 15.2. The molecule has 0 radical (unpaired) electrons. The zero-order chi connectivity index (χ0) is 23.0. The number of aromatic nitrogens is 1. The van der Waals surface area contributed by atoms with Gasteiger partial charge in [0.2, 0.25) is 10.0 Å². The summed E-state index contributed by atoms with van der Waals surface area (Å²) >= 11 is 1.22. The van der Waals surface area contributed by atoms with Crippen molar-refractivity contribution >= 4 is 43.2 Å². The van der Waals surface area contributed by atoms with Gasteiger partial charge < -0.3 is 4.57 Å². The summed E-state index contributed by atoms with van der Waals surface area (Å²) < 4.78 is 29.5. The zero-order valence-electron chi connectivity index (χ0n) is 17.6. The molecular weight excluding hydrogens is 452 g/mol. The lowest BCUT2D eigenvalue weighted by Gasteiger charge is -2.29. The molecule has 1 aliphatic rings. The molecule has 0 saturated carbocycles. The fraction of sp³-hybridized carbons (Fsp3) is 0.333. The van der Waals surface area contributed by atoms with E-state index >= 15 is 0 Å². The summed E-state index contributed by atoms with van der Waals surface area (Å²) in [5.41, 5.74) is 1.73. The maximum absolute atomic E-state index is 12.9. The van der Waals surface area contributed by atoms with Crippen LogP contribution in [0.3, 0.4) is 0 Å². The maximum atomic E-state index is 12.9. The predicted octanol–water partition coefficient (Wildman–Crippen LogP) is 2.98. The Hall–Kier alpha value is -2.89. The number of sulfonamides is 1. The molecule has 1 fully saturated rings. The summed E-state index contributed by atoms with van der Waals surface area (Å²) in [6.45, 7) is 2.41. The van der Waals surface area contributed by atoms with Crippen molar-refractivity contribution in [1.29, 1.82) is 0 Å². The molecule has 0 unspecified atom stereocenters. The van der Waals surface area contributed by atoms with Crippen LogP contribution in [-0.2, 0) is 21.9 Å². The van der Waals surface area contributed by atoms with Crippen LogP contribution in [-0.4, -0.2) is 41.2 Å². The fourth-order valence-electron chi connectivity index (χ4n) is 3.73. The third-order valence-electron chi connectivity index (χ3n) is 5.67. The van der Waals surface area contributed by atoms with Gasteiger partial charge in [-0.2, -0.15) is 9.30 Å². The van der Waals surface area contributed by atoms with Gasteiger partial charge in [0.15, 0.2) is 4.80 Å². The van der Waals surface area contributed by atoms with Crippen molar-refractivity contribution in [2.24, 2.45) is 18.0 Å². The Labute approximate surface area is 188 Å². The average Bonchev–Trinajstić information content (AvgIpc) is 3.08. The smallest absolute Gasteiger partial charge is 0.270 e. The van der Waals surface area contributed by atoms with E-state index in [9.17, 15) is 23.3 Å². The van der Waals surface area contributed by atoms with Gasteiger partial charge in [0.1, 0.15) is 0 Å². The highest BCUT2D eigenvalue weighted by atomic mass is 32.2. The quantitative estimate of drug-likeness (QED) is 0.426. The van der Waals surface area contributed by atoms with Crippen molar-refractivity contribution in [3.63, 3.8) is 0 Å². The number of nitrogens with zero attached hydrogens (tertiary/aromatic N) is 4. The number of aryl methyl sites for hydroxylation is 2. The van der Waals surface area contributed by atoms with Crippen molar-refractivity contribution < 1.29 is 18.1 Å². The van der Waals surface area contributed by atoms with E-state index in [2.05, 4.69) is 4.99 Å². The van der Waals surface area contributed by atoms with Gasteiger partial charge in [-0.1, -0.05) is 29.0 Å². The molecule has 3 aromatic rings. The minimum Gasteiger partial charge on any atom is -0.319 e. The van der Waals surface area contributed by atoms with Gasteiger partial charge in [-0.05, 0) is 38.0 Å². The Morgan fingerprint density at radius 3 is 2.44 bits per heavy atom. The molecule has 0 bridgehead atoms. The number of rotatable bonds is 4. The van der Waals surface area contributed by atoms with Gasteiger partial charge in [-0.25, -0.2) is 8.42 Å². The number of piperidine rings is 1. The van der Waals surface area contributed by atoms with Crippen molar-refractivity contribution in [1.82, 2.24) is 8.87 Å². The summed E-state index contributed by atoms with van der Waals surface area (Å²) in [6.07, 6.45) is 0.793. The number of fused-ring (bicyclic) bond motifs is 1. The molecule has 1 aliphatic heterocycles. The molecule has 0 spiro atoms. The highest BCUT2D eigenvalue weighted by molar-refractivity contribution is 7.89. The monoisotopic (exact) mass is 474 g/mol. The lowest BCUT2D eigenvalue weighted by Crippen LogP contribution is -2.40. The number of thiazole rings is 1. The van der Waals surface area contributed by atoms with E-state index in [0.717, 1.165) is 11.1 Å². The first-order valence-corrected chi connectivity index (χ1v) is 12.3. The zero-order valence-corrected chi connectivity index (χ0v) is 19.2. The highest BCUT2D eigenvalue weighted by Gasteiger charge is 2.32. The first kappa shape index (κ1) is 22.3. The normalized spacial score (nSPS) is 16.5. The lowest BCUT2D eigenvalue weighted by atomic mass is 9.98. The number of nitro groups is 1. The molecule has 11 heteroatoms. The standard InChI is InChI=1S/C21H22N4O5S2/c1-14-3-6-17(7-4-14)32(29,30)24-11-9-15(10-12-24)20(26)22-21-23(2)18-8-5-16(25(27)28)13-19(18)31-21/h3-8,13,15H,9-12H2,1-2H3. The van der Waals surface area contributed by atoms with Gasteiger partial charge in [-0.15, -0.1) is 0 Å². The molecule has 9 nitrogen and oxygen atoms in total. The summed E-state index contributed by atoms with van der Waals surface area (Å²) in [6, 6.07) is 11.3. The van der Waals surface area contributed by atoms with Crippen LogP contribution >= 0.6 is 11.3 Å². The van der Waals surface area contributed by atoms with Crippen LogP contribution in [0.2, 0.25) is 0 Å². The number of hydrogen-bond acceptors (Lipinski definition) is 6. The summed E-state index contributed by atoms with van der Waals surface area (Å²) in [7, 11) is -1.83. The van der Waals surface area contributed by atoms with Crippen LogP contribution in [0, 0.1) is 23.0 Å². The Morgan fingerprint density at radius 1 is 1.16 bits per heavy atom. The lowest BCUT2D eigenvalue weighted by molar-refractivity contribution is -0.384. The minimum atomic E-state index is -3.59. The molecule has 168 valence electrons. The van der Waals surface area contributed by atoms with Crippen molar-refractivity contribution in [2.45, 2.75) is 24.7 Å². The second-order valence-electron chi connectivity index (χ2n) is 7.79. The van der Waals surface area contributed by atoms with E-state index in [0.29, 0.717) is 22.3 Å². The van der Waals surface area contributed by atoms with Crippen molar-refractivity contribution in [2.75, 3.05) is 13.1 Å². The van der Waals surface area contributed by atoms with Crippen LogP contribution in [0.25, 0.3) is 10.2 Å². The molecular formula is C21H22N4O5S2. The first-order valence-electron chi connectivity index (χ1n) is 10.1. The molecule has 2 heterocycles. The number of amides is 1. The third kappa shape index (κ3) is 4.23. The summed E-state index contributed by atoms with van der Waals surface area (Å²) in [5.74, 6) is -0.659. The number of carbonyl (C=O) groups excluding carboxylic acids is 1. The molecule has 1 saturated heterocycles. The van der Waals surface area contributed by atoms with E-state index in [-0.39, 0.29) is 35.5 Å². The molecule has 1 aromatic heterocycles. The fourth-order valence-corrected chi connectivity index (χ4v) is 6.26. The predicted molar refractivity (Wildman–Crippen MR) is 121 cm³/mol. The van der Waals surface area contributed by atoms with Crippen LogP contribution in [0.1, 0.15) is 18.4 Å². The van der Waals surface area contributed by atoms with Gasteiger partial charge in [0.25, 0.3) is 11.6 Å². The van der Waals surface area contributed by atoms with Crippen LogP contribution < -0.4 is 4.80 Å². The van der Waals surface area contributed by atoms with Gasteiger partial charge in [0.05, 0.1) is 20.0 Å². The minimum absolute atomic E-state index is 0.0145. The Bertz CT molecular complexity index is 1370. The Kier molecular flexibility index (Phi) is 5.97. The molecule has 4 rings (SSSR count). The Balaban J connectivity index is 1.50. The van der Waals surface area contributed by atoms with Crippen molar-refractivity contribution in [3.8, 4) is 0 Å². The third-order valence-corrected chi connectivity index (χ3v) is 8.68. The van der Waals surface area contributed by atoms with E-state index in [1.165, 1.54) is 27.8 Å². The largest absolute Gasteiger partial charge is 0.319 e. The van der Waals surface area contributed by atoms with E-state index in [1.807, 2.05) is 6.92 Å². The topological polar surface area (TPSA) is 115 Å². The molecule has 0 atom stereocenters. The van der Waals surface area contributed by atoms with Gasteiger partial charge in [0, 0.05) is 38.2 Å². The second kappa shape index (κ2) is 8.57. The summed E-state index contributed by atoms with van der Waals surface area (Å²) in [4.78, 5) is 28.3. The Morgan fingerprint density at radius 2 is 1.81 bits per heavy atom. The van der Waals surface area contributed by atoms with E-state index in [4.69, 9.17) is 0 Å². The van der Waals surface area contributed by atoms with Gasteiger partial charge in [-0.3, -0.25) is 14.9 Å². The van der Waals surface area contributed by atoms with Crippen molar-refractivity contribution in [3.05, 3.63) is 62.9 Å². The SMILES string of the molecule is Cc1ccc(S(=O)(=O)N2CCC(C(=O)N=c3sc4cc([N+](=O)[O-])ccc4n3C)CC2)cc1. The molecule has 32 heavy (non-hydrogen) atoms. The number of carbonyl (C=O) groups is 1. The molecule has 0 aliphatic carbocycles. The molecule has 1 amide bonds. The van der Waals surface area contributed by atoms with Crippen LogP contribution in [0.4, 0.5) is 5.69 Å². The number of benzene rings is 2. The van der Waals surface area contributed by atoms with E-state index < -0.39 is 14.9 Å². The highest BCUT2D eigenvalue weighted by Crippen LogP contribution is 2.26. The number of hydrogen-bond donors (Lipinski definition) is 0. The van der Waals surface area contributed by atoms with Crippen LogP contribution in [0.5, 0.6) is 0 Å². The van der Waals surface area contributed by atoms with Gasteiger partial charge >= 0.3 is 0 Å². The summed E-state index contributed by atoms with van der Waals surface area (Å²) in [5, 5.41) is 11.0. The number of nitro benzene ring substituents is 1. The molecule has 2 aromatic carbocycles. The maximum Gasteiger partial charge on any atom is 0.270 e. The average molecular weight is 475 g/mol. The van der Waals surface area contributed by atoms with Crippen LogP contribution in [0.15, 0.2) is 52.4 Å². The molecule has 0 N–H and O–H groups in total.